The third kappa shape index (κ3) is 4.13. The van der Waals surface area contributed by atoms with E-state index in [1.54, 1.807) is 7.11 Å². The van der Waals surface area contributed by atoms with Gasteiger partial charge in [-0.05, 0) is 37.6 Å². The summed E-state index contributed by atoms with van der Waals surface area (Å²) in [6.07, 6.45) is -0.161. The fourth-order valence-electron chi connectivity index (χ4n) is 3.58. The van der Waals surface area contributed by atoms with Crippen LogP contribution in [-0.2, 0) is 4.79 Å². The number of hydrogen-bond donors (Lipinski definition) is 3. The average Bonchev–Trinajstić information content (AvgIpc) is 2.74. The highest BCUT2D eigenvalue weighted by Gasteiger charge is 2.27. The molecule has 2 aromatic carbocycles. The number of carbonyl (C=O) groups is 1. The van der Waals surface area contributed by atoms with Gasteiger partial charge in [0.1, 0.15) is 17.0 Å². The molecule has 1 saturated heterocycles. The smallest absolute Gasteiger partial charge is 0.226 e. The summed E-state index contributed by atoms with van der Waals surface area (Å²) in [5.41, 5.74) is 2.58. The van der Waals surface area contributed by atoms with Gasteiger partial charge in [-0.1, -0.05) is 24.3 Å². The molecular formula is C22H25N5O3. The molecule has 0 spiro atoms. The minimum Gasteiger partial charge on any atom is -0.497 e. The summed E-state index contributed by atoms with van der Waals surface area (Å²) < 4.78 is 10.9. The van der Waals surface area contributed by atoms with Crippen molar-refractivity contribution < 1.29 is 14.3 Å². The number of nitrogens with zero attached hydrogens (tertiary/aromatic N) is 2. The minimum absolute atomic E-state index is 0.0559. The Morgan fingerprint density at radius 2 is 1.97 bits per heavy atom. The van der Waals surface area contributed by atoms with Crippen molar-refractivity contribution in [3.8, 4) is 11.5 Å². The molecule has 0 saturated carbocycles. The molecule has 1 aliphatic heterocycles. The molecule has 0 bridgehead atoms. The summed E-state index contributed by atoms with van der Waals surface area (Å²) in [5, 5.41) is 10.4. The standard InChI is InChI=1S/C22H25N5O3/c1-4-30-18-7-5-6-16-13(2)23-21(26-20(16)18)27-22-24-17(12-19(28)25-22)14-8-10-15(29-3)11-9-14/h5-11,17,22,24H,4,12H2,1-3H3,(H,25,28)(H,23,26,27). The Bertz CT molecular complexity index is 1050. The molecule has 4 rings (SSSR count). The predicted octanol–water partition coefficient (Wildman–Crippen LogP) is 2.89. The van der Waals surface area contributed by atoms with E-state index >= 15 is 0 Å². The van der Waals surface area contributed by atoms with Crippen LogP contribution < -0.4 is 25.4 Å². The van der Waals surface area contributed by atoms with Crippen LogP contribution in [0, 0.1) is 6.92 Å². The van der Waals surface area contributed by atoms with E-state index in [0.29, 0.717) is 24.7 Å². The first-order valence-electron chi connectivity index (χ1n) is 9.93. The van der Waals surface area contributed by atoms with E-state index < -0.39 is 6.29 Å². The van der Waals surface area contributed by atoms with Crippen LogP contribution in [0.25, 0.3) is 10.9 Å². The second kappa shape index (κ2) is 8.54. The summed E-state index contributed by atoms with van der Waals surface area (Å²) in [5.74, 6) is 1.85. The van der Waals surface area contributed by atoms with Crippen LogP contribution in [0.3, 0.4) is 0 Å². The molecule has 2 atom stereocenters. The lowest BCUT2D eigenvalue weighted by atomic mass is 10.0. The zero-order valence-electron chi connectivity index (χ0n) is 17.2. The van der Waals surface area contributed by atoms with E-state index in [1.165, 1.54) is 0 Å². The largest absolute Gasteiger partial charge is 0.497 e. The normalized spacial score (nSPS) is 18.7. The van der Waals surface area contributed by atoms with Crippen LogP contribution in [0.1, 0.15) is 30.6 Å². The first-order chi connectivity index (χ1) is 14.6. The first kappa shape index (κ1) is 19.9. The van der Waals surface area contributed by atoms with Crippen LogP contribution >= 0.6 is 0 Å². The lowest BCUT2D eigenvalue weighted by molar-refractivity contribution is -0.124. The zero-order chi connectivity index (χ0) is 21.1. The highest BCUT2D eigenvalue weighted by molar-refractivity contribution is 5.87. The van der Waals surface area contributed by atoms with Crippen LogP contribution in [0.15, 0.2) is 42.5 Å². The van der Waals surface area contributed by atoms with E-state index in [2.05, 4.69) is 25.9 Å². The van der Waals surface area contributed by atoms with E-state index in [0.717, 1.165) is 27.9 Å². The number of hydrogen-bond acceptors (Lipinski definition) is 7. The summed E-state index contributed by atoms with van der Waals surface area (Å²) in [6, 6.07) is 13.3. The predicted molar refractivity (Wildman–Crippen MR) is 114 cm³/mol. The fourth-order valence-corrected chi connectivity index (χ4v) is 3.58. The number of anilines is 1. The maximum atomic E-state index is 12.3. The molecule has 3 aromatic rings. The SMILES string of the molecule is CCOc1cccc2c(C)nc(NC3NC(=O)CC(c4ccc(OC)cc4)N3)nc12. The Kier molecular flexibility index (Phi) is 5.67. The highest BCUT2D eigenvalue weighted by atomic mass is 16.5. The van der Waals surface area contributed by atoms with Gasteiger partial charge < -0.3 is 20.1 Å². The Morgan fingerprint density at radius 1 is 1.17 bits per heavy atom. The topological polar surface area (TPSA) is 97.4 Å². The molecule has 2 unspecified atom stereocenters. The molecule has 1 aromatic heterocycles. The second-order valence-corrected chi connectivity index (χ2v) is 7.06. The van der Waals surface area contributed by atoms with Gasteiger partial charge in [0, 0.05) is 17.8 Å². The van der Waals surface area contributed by atoms with Crippen molar-refractivity contribution in [2.24, 2.45) is 0 Å². The van der Waals surface area contributed by atoms with E-state index in [1.807, 2.05) is 56.3 Å². The van der Waals surface area contributed by atoms with Crippen molar-refractivity contribution in [3.63, 3.8) is 0 Å². The fraction of sp³-hybridized carbons (Fsp3) is 0.318. The van der Waals surface area contributed by atoms with Gasteiger partial charge in [-0.25, -0.2) is 9.97 Å². The number of rotatable bonds is 6. The summed E-state index contributed by atoms with van der Waals surface area (Å²) in [6.45, 7) is 4.42. The van der Waals surface area contributed by atoms with Gasteiger partial charge in [-0.3, -0.25) is 10.1 Å². The van der Waals surface area contributed by atoms with Crippen molar-refractivity contribution in [1.82, 2.24) is 20.6 Å². The molecule has 3 N–H and O–H groups in total. The maximum Gasteiger partial charge on any atom is 0.226 e. The van der Waals surface area contributed by atoms with Gasteiger partial charge in [0.25, 0.3) is 0 Å². The number of benzene rings is 2. The lowest BCUT2D eigenvalue weighted by Gasteiger charge is -2.32. The quantitative estimate of drug-likeness (QED) is 0.578. The molecular weight excluding hydrogens is 382 g/mol. The molecule has 0 radical (unpaired) electrons. The molecule has 30 heavy (non-hydrogen) atoms. The van der Waals surface area contributed by atoms with Crippen molar-refractivity contribution >= 4 is 22.8 Å². The maximum absolute atomic E-state index is 12.3. The molecule has 8 nitrogen and oxygen atoms in total. The van der Waals surface area contributed by atoms with Crippen LogP contribution in [0.4, 0.5) is 5.95 Å². The molecule has 156 valence electrons. The average molecular weight is 407 g/mol. The summed E-state index contributed by atoms with van der Waals surface area (Å²) >= 11 is 0. The number of para-hydroxylation sites is 1. The number of amides is 1. The molecule has 2 heterocycles. The lowest BCUT2D eigenvalue weighted by Crippen LogP contribution is -2.56. The van der Waals surface area contributed by atoms with Gasteiger partial charge >= 0.3 is 0 Å². The zero-order valence-corrected chi connectivity index (χ0v) is 17.2. The van der Waals surface area contributed by atoms with Crippen LogP contribution in [0.5, 0.6) is 11.5 Å². The van der Waals surface area contributed by atoms with Gasteiger partial charge in [0.2, 0.25) is 11.9 Å². The summed E-state index contributed by atoms with van der Waals surface area (Å²) in [4.78, 5) is 21.5. The van der Waals surface area contributed by atoms with Crippen LogP contribution in [0.2, 0.25) is 0 Å². The molecule has 1 aliphatic rings. The van der Waals surface area contributed by atoms with E-state index in [9.17, 15) is 4.79 Å². The van der Waals surface area contributed by atoms with Gasteiger partial charge in [0.15, 0.2) is 6.29 Å². The number of aromatic nitrogens is 2. The first-order valence-corrected chi connectivity index (χ1v) is 9.93. The molecule has 1 fully saturated rings. The van der Waals surface area contributed by atoms with Crippen molar-refractivity contribution in [3.05, 3.63) is 53.7 Å². The van der Waals surface area contributed by atoms with E-state index in [-0.39, 0.29) is 11.9 Å². The van der Waals surface area contributed by atoms with Crippen LogP contribution in [-0.4, -0.2) is 35.9 Å². The monoisotopic (exact) mass is 407 g/mol. The third-order valence-electron chi connectivity index (χ3n) is 5.03. The number of aryl methyl sites for hydroxylation is 1. The molecule has 0 aliphatic carbocycles. The Labute approximate surface area is 175 Å². The number of ether oxygens (including phenoxy) is 2. The van der Waals surface area contributed by atoms with Crippen molar-refractivity contribution in [2.75, 3.05) is 19.0 Å². The molecule has 1 amide bonds. The minimum atomic E-state index is -0.505. The Morgan fingerprint density at radius 3 is 2.70 bits per heavy atom. The Balaban J connectivity index is 1.57. The summed E-state index contributed by atoms with van der Waals surface area (Å²) in [7, 11) is 1.63. The number of methoxy groups -OCH3 is 1. The molecule has 8 heteroatoms. The number of nitrogens with one attached hydrogen (secondary N) is 3. The van der Waals surface area contributed by atoms with Gasteiger partial charge in [-0.15, -0.1) is 0 Å². The van der Waals surface area contributed by atoms with Crippen molar-refractivity contribution in [2.45, 2.75) is 32.6 Å². The number of carbonyl (C=O) groups excluding carboxylic acids is 1. The van der Waals surface area contributed by atoms with Gasteiger partial charge in [0.05, 0.1) is 19.4 Å². The second-order valence-electron chi connectivity index (χ2n) is 7.06. The van der Waals surface area contributed by atoms with Gasteiger partial charge in [-0.2, -0.15) is 0 Å². The highest BCUT2D eigenvalue weighted by Crippen LogP contribution is 2.27. The Hall–Kier alpha value is -3.39. The van der Waals surface area contributed by atoms with Crippen molar-refractivity contribution in [1.29, 1.82) is 0 Å². The van der Waals surface area contributed by atoms with E-state index in [4.69, 9.17) is 9.47 Å². The number of fused-ring (bicyclic) bond motifs is 1. The third-order valence-corrected chi connectivity index (χ3v) is 5.03.